The van der Waals surface area contributed by atoms with Crippen LogP contribution in [0.1, 0.15) is 75.2 Å². The fourth-order valence-electron chi connectivity index (χ4n) is 3.48. The first-order valence-corrected chi connectivity index (χ1v) is 10.4. The van der Waals surface area contributed by atoms with E-state index in [2.05, 4.69) is 22.5 Å². The van der Waals surface area contributed by atoms with Gasteiger partial charge < -0.3 is 20.1 Å². The molecule has 6 heteroatoms. The highest BCUT2D eigenvalue weighted by molar-refractivity contribution is 5.94. The first-order chi connectivity index (χ1) is 13.4. The maximum absolute atomic E-state index is 12.4. The highest BCUT2D eigenvalue weighted by Crippen LogP contribution is 2.21. The van der Waals surface area contributed by atoms with Gasteiger partial charge in [-0.25, -0.2) is 9.78 Å². The van der Waals surface area contributed by atoms with Crippen LogP contribution in [0.25, 0.3) is 0 Å². The molecule has 0 radical (unpaired) electrons. The molecule has 0 bridgehead atoms. The van der Waals surface area contributed by atoms with Crippen LogP contribution >= 0.6 is 0 Å². The van der Waals surface area contributed by atoms with Crippen molar-refractivity contribution in [2.45, 2.75) is 78.4 Å². The topological polar surface area (TPSA) is 72.5 Å². The van der Waals surface area contributed by atoms with E-state index in [1.165, 1.54) is 32.1 Å². The molecule has 0 amide bonds. The molecule has 2 rings (SSSR count). The van der Waals surface area contributed by atoms with E-state index < -0.39 is 0 Å². The predicted molar refractivity (Wildman–Crippen MR) is 112 cm³/mol. The second-order valence-electron chi connectivity index (χ2n) is 7.66. The van der Waals surface area contributed by atoms with Crippen molar-refractivity contribution < 1.29 is 14.3 Å². The van der Waals surface area contributed by atoms with Crippen LogP contribution in [0.4, 0.5) is 5.82 Å². The van der Waals surface area contributed by atoms with Gasteiger partial charge in [0, 0.05) is 12.2 Å². The molecule has 0 spiro atoms. The molecule has 0 unspecified atom stereocenters. The highest BCUT2D eigenvalue weighted by Gasteiger charge is 2.18. The van der Waals surface area contributed by atoms with Gasteiger partial charge in [0.05, 0.1) is 25.5 Å². The number of nitrogens with zero attached hydrogens (tertiary/aromatic N) is 1. The van der Waals surface area contributed by atoms with Crippen molar-refractivity contribution in [2.75, 3.05) is 19.0 Å². The lowest BCUT2D eigenvalue weighted by Gasteiger charge is -2.26. The van der Waals surface area contributed by atoms with Crippen LogP contribution in [0.3, 0.4) is 0 Å². The first kappa shape index (κ1) is 22.1. The normalized spacial score (nSPS) is 15.8. The van der Waals surface area contributed by atoms with Crippen LogP contribution in [0.5, 0.6) is 0 Å². The van der Waals surface area contributed by atoms with E-state index in [-0.39, 0.29) is 12.1 Å². The van der Waals surface area contributed by atoms with Crippen molar-refractivity contribution in [1.82, 2.24) is 10.3 Å². The van der Waals surface area contributed by atoms with Gasteiger partial charge in [0.1, 0.15) is 17.1 Å². The minimum Gasteiger partial charge on any atom is -0.497 e. The molecule has 1 fully saturated rings. The lowest BCUT2D eigenvalue weighted by atomic mass is 9.95. The summed E-state index contributed by atoms with van der Waals surface area (Å²) < 4.78 is 11.0. The quantitative estimate of drug-likeness (QED) is 0.477. The molecule has 6 nitrogen and oxygen atoms in total. The number of hydrogen-bond acceptors (Lipinski definition) is 6. The zero-order valence-electron chi connectivity index (χ0n) is 17.9. The summed E-state index contributed by atoms with van der Waals surface area (Å²) in [5.41, 5.74) is 2.47. The number of rotatable bonds is 9. The summed E-state index contributed by atoms with van der Waals surface area (Å²) >= 11 is 0. The Labute approximate surface area is 169 Å². The fraction of sp³-hybridized carbons (Fsp3) is 0.636. The van der Waals surface area contributed by atoms with E-state index in [1.807, 2.05) is 20.8 Å². The monoisotopic (exact) mass is 389 g/mol. The number of ether oxygens (including phenoxy) is 2. The molecule has 1 aliphatic rings. The van der Waals surface area contributed by atoms with Gasteiger partial charge in [-0.15, -0.1) is 0 Å². The van der Waals surface area contributed by atoms with Gasteiger partial charge in [0.25, 0.3) is 0 Å². The van der Waals surface area contributed by atoms with Crippen LogP contribution in [0.2, 0.25) is 0 Å². The number of hydrogen-bond donors (Lipinski definition) is 2. The summed E-state index contributed by atoms with van der Waals surface area (Å²) in [4.78, 5) is 16.8. The molecule has 0 atom stereocenters. The standard InChI is InChI=1S/C22H35N3O3/c1-6-19(25-17-10-8-7-9-11-17)20(27-5)14-24-21-18(12-16(4)13-23-21)22(26)28-15(2)3/h12-13,15,17,25H,6-11,14H2,1-5H3,(H,23,24)/b20-19-. The number of aromatic nitrogens is 1. The van der Waals surface area contributed by atoms with Gasteiger partial charge >= 0.3 is 5.97 Å². The maximum atomic E-state index is 12.4. The van der Waals surface area contributed by atoms with Crippen molar-refractivity contribution in [3.8, 4) is 0 Å². The Balaban J connectivity index is 2.13. The third-order valence-corrected chi connectivity index (χ3v) is 4.92. The van der Waals surface area contributed by atoms with Crippen LogP contribution < -0.4 is 10.6 Å². The summed E-state index contributed by atoms with van der Waals surface area (Å²) in [6.45, 7) is 8.17. The largest absolute Gasteiger partial charge is 0.497 e. The molecule has 2 N–H and O–H groups in total. The number of esters is 1. The molecule has 1 aliphatic carbocycles. The first-order valence-electron chi connectivity index (χ1n) is 10.4. The smallest absolute Gasteiger partial charge is 0.342 e. The van der Waals surface area contributed by atoms with Gasteiger partial charge in [-0.3, -0.25) is 0 Å². The van der Waals surface area contributed by atoms with Crippen LogP contribution in [-0.2, 0) is 9.47 Å². The van der Waals surface area contributed by atoms with E-state index >= 15 is 0 Å². The maximum Gasteiger partial charge on any atom is 0.342 e. The predicted octanol–water partition coefficient (Wildman–Crippen LogP) is 4.56. The van der Waals surface area contributed by atoms with Crippen LogP contribution in [0.15, 0.2) is 23.7 Å². The van der Waals surface area contributed by atoms with E-state index in [9.17, 15) is 4.79 Å². The summed E-state index contributed by atoms with van der Waals surface area (Å²) in [5, 5.41) is 6.93. The number of methoxy groups -OCH3 is 1. The third kappa shape index (κ3) is 6.43. The Bertz CT molecular complexity index is 680. The van der Waals surface area contributed by atoms with Crippen LogP contribution in [-0.4, -0.2) is 36.8 Å². The number of carbonyl (C=O) groups excluding carboxylic acids is 1. The zero-order chi connectivity index (χ0) is 20.5. The summed E-state index contributed by atoms with van der Waals surface area (Å²) in [6.07, 6.45) is 8.74. The number of anilines is 1. The molecule has 1 aromatic heterocycles. The fourth-order valence-corrected chi connectivity index (χ4v) is 3.48. The Morgan fingerprint density at radius 2 is 2.00 bits per heavy atom. The number of nitrogens with one attached hydrogen (secondary N) is 2. The highest BCUT2D eigenvalue weighted by atomic mass is 16.5. The molecular weight excluding hydrogens is 354 g/mol. The van der Waals surface area contributed by atoms with Crippen molar-refractivity contribution in [1.29, 1.82) is 0 Å². The Kier molecular flexibility index (Phi) is 8.61. The molecule has 0 aromatic carbocycles. The summed E-state index contributed by atoms with van der Waals surface area (Å²) in [7, 11) is 1.69. The lowest BCUT2D eigenvalue weighted by Crippen LogP contribution is -2.32. The molecule has 156 valence electrons. The Morgan fingerprint density at radius 1 is 1.29 bits per heavy atom. The molecular formula is C22H35N3O3. The van der Waals surface area contributed by atoms with Crippen molar-refractivity contribution >= 4 is 11.8 Å². The third-order valence-electron chi connectivity index (χ3n) is 4.92. The number of pyridine rings is 1. The summed E-state index contributed by atoms with van der Waals surface area (Å²) in [5.74, 6) is 0.991. The van der Waals surface area contributed by atoms with Gasteiger partial charge in [-0.2, -0.15) is 0 Å². The van der Waals surface area contributed by atoms with Gasteiger partial charge in [0.2, 0.25) is 0 Å². The molecule has 0 aliphatic heterocycles. The Morgan fingerprint density at radius 3 is 2.61 bits per heavy atom. The summed E-state index contributed by atoms with van der Waals surface area (Å²) in [6, 6.07) is 2.32. The molecule has 1 aromatic rings. The average molecular weight is 390 g/mol. The van der Waals surface area contributed by atoms with E-state index in [0.29, 0.717) is 24.0 Å². The number of aryl methyl sites for hydroxylation is 1. The molecule has 0 saturated heterocycles. The Hall–Kier alpha value is -2.24. The second-order valence-corrected chi connectivity index (χ2v) is 7.66. The van der Waals surface area contributed by atoms with Gasteiger partial charge in [-0.1, -0.05) is 26.2 Å². The molecule has 28 heavy (non-hydrogen) atoms. The van der Waals surface area contributed by atoms with E-state index in [1.54, 1.807) is 19.4 Å². The van der Waals surface area contributed by atoms with Crippen molar-refractivity contribution in [3.05, 3.63) is 34.8 Å². The number of carbonyl (C=O) groups is 1. The molecule has 1 heterocycles. The average Bonchev–Trinajstić information content (AvgIpc) is 2.68. The minimum absolute atomic E-state index is 0.179. The number of allylic oxidation sites excluding steroid dienone is 1. The second kappa shape index (κ2) is 10.9. The van der Waals surface area contributed by atoms with Crippen molar-refractivity contribution in [2.24, 2.45) is 0 Å². The minimum atomic E-state index is -0.368. The van der Waals surface area contributed by atoms with Gasteiger partial charge in [-0.05, 0) is 51.7 Å². The zero-order valence-corrected chi connectivity index (χ0v) is 17.9. The van der Waals surface area contributed by atoms with Gasteiger partial charge in [0.15, 0.2) is 0 Å². The molecule has 1 saturated carbocycles. The lowest BCUT2D eigenvalue weighted by molar-refractivity contribution is 0.0378. The SMILES string of the molecule is CC/C(NC1CCCCC1)=C(\CNc1ncc(C)cc1C(=O)OC(C)C)OC. The van der Waals surface area contributed by atoms with Crippen molar-refractivity contribution in [3.63, 3.8) is 0 Å². The van der Waals surface area contributed by atoms with Crippen LogP contribution in [0, 0.1) is 6.92 Å². The van der Waals surface area contributed by atoms with E-state index in [0.717, 1.165) is 23.4 Å². The van der Waals surface area contributed by atoms with E-state index in [4.69, 9.17) is 9.47 Å².